The highest BCUT2D eigenvalue weighted by Gasteiger charge is 2.34. The number of para-hydroxylation sites is 1. The monoisotopic (exact) mass is 323 g/mol. The Morgan fingerprint density at radius 3 is 2.61 bits per heavy atom. The lowest BCUT2D eigenvalue weighted by Crippen LogP contribution is -2.29. The fraction of sp³-hybridized carbons (Fsp3) is 0.375. The minimum Gasteiger partial charge on any atom is -0.310 e. The van der Waals surface area contributed by atoms with Crippen LogP contribution in [0.4, 0.5) is 19.0 Å². The minimum atomic E-state index is -4.49. The number of anilines is 1. The lowest BCUT2D eigenvalue weighted by atomic mass is 9.85. The standard InChI is InChI=1S/C16H16F3N3O/c1-10-9-14(20-15(23)11-5-4-6-11)22(21-10)13-8-3-2-7-12(13)16(17,18)19/h2-3,7-9,11H,4-6H2,1H3,(H,20,23). The first-order valence-corrected chi connectivity index (χ1v) is 7.40. The number of rotatable bonds is 3. The van der Waals surface area contributed by atoms with Crippen LogP contribution in [0.2, 0.25) is 0 Å². The van der Waals surface area contributed by atoms with Crippen LogP contribution >= 0.6 is 0 Å². The summed E-state index contributed by atoms with van der Waals surface area (Å²) in [6, 6.07) is 6.76. The molecule has 1 aromatic carbocycles. The number of alkyl halides is 3. The lowest BCUT2D eigenvalue weighted by Gasteiger charge is -2.24. The Kier molecular flexibility index (Phi) is 3.87. The maximum Gasteiger partial charge on any atom is 0.418 e. The predicted octanol–water partition coefficient (Wildman–Crippen LogP) is 3.94. The summed E-state index contributed by atoms with van der Waals surface area (Å²) in [5.74, 6) is 0.0366. The van der Waals surface area contributed by atoms with E-state index in [1.54, 1.807) is 13.0 Å². The number of nitrogens with one attached hydrogen (secondary N) is 1. The zero-order valence-corrected chi connectivity index (χ0v) is 12.5. The van der Waals surface area contributed by atoms with Crippen LogP contribution in [-0.4, -0.2) is 15.7 Å². The normalized spacial score (nSPS) is 15.3. The lowest BCUT2D eigenvalue weighted by molar-refractivity contribution is -0.137. The van der Waals surface area contributed by atoms with Crippen molar-refractivity contribution in [1.29, 1.82) is 0 Å². The largest absolute Gasteiger partial charge is 0.418 e. The number of aryl methyl sites for hydroxylation is 1. The molecule has 1 aliphatic carbocycles. The van der Waals surface area contributed by atoms with E-state index in [2.05, 4.69) is 10.4 Å². The molecule has 1 N–H and O–H groups in total. The number of nitrogens with zero attached hydrogens (tertiary/aromatic N) is 2. The van der Waals surface area contributed by atoms with Crippen molar-refractivity contribution < 1.29 is 18.0 Å². The average Bonchev–Trinajstić information content (AvgIpc) is 2.76. The summed E-state index contributed by atoms with van der Waals surface area (Å²) >= 11 is 0. The first-order valence-electron chi connectivity index (χ1n) is 7.40. The number of hydrogen-bond donors (Lipinski definition) is 1. The van der Waals surface area contributed by atoms with Gasteiger partial charge in [0.1, 0.15) is 5.82 Å². The zero-order chi connectivity index (χ0) is 16.6. The molecule has 0 radical (unpaired) electrons. The van der Waals surface area contributed by atoms with Gasteiger partial charge in [0.2, 0.25) is 5.91 Å². The van der Waals surface area contributed by atoms with Crippen LogP contribution in [0.1, 0.15) is 30.5 Å². The first-order chi connectivity index (χ1) is 10.9. The topological polar surface area (TPSA) is 46.9 Å². The Bertz CT molecular complexity index is 732. The maximum absolute atomic E-state index is 13.2. The molecule has 0 spiro atoms. The summed E-state index contributed by atoms with van der Waals surface area (Å²) in [5, 5.41) is 6.82. The van der Waals surface area contributed by atoms with Gasteiger partial charge in [-0.25, -0.2) is 4.68 Å². The molecule has 1 aromatic heterocycles. The molecule has 0 bridgehead atoms. The van der Waals surface area contributed by atoms with E-state index >= 15 is 0 Å². The number of benzene rings is 1. The van der Waals surface area contributed by atoms with E-state index in [-0.39, 0.29) is 23.3 Å². The predicted molar refractivity (Wildman–Crippen MR) is 79.3 cm³/mol. The van der Waals surface area contributed by atoms with Gasteiger partial charge in [-0.1, -0.05) is 18.6 Å². The molecule has 0 atom stereocenters. The molecule has 0 saturated heterocycles. The molecule has 122 valence electrons. The maximum atomic E-state index is 13.2. The summed E-state index contributed by atoms with van der Waals surface area (Å²) in [6.07, 6.45) is -1.85. The van der Waals surface area contributed by atoms with E-state index in [1.807, 2.05) is 0 Å². The average molecular weight is 323 g/mol. The minimum absolute atomic E-state index is 0.0588. The van der Waals surface area contributed by atoms with Gasteiger partial charge in [-0.15, -0.1) is 0 Å². The fourth-order valence-corrected chi connectivity index (χ4v) is 2.57. The van der Waals surface area contributed by atoms with Crippen molar-refractivity contribution in [2.45, 2.75) is 32.4 Å². The van der Waals surface area contributed by atoms with E-state index in [4.69, 9.17) is 0 Å². The van der Waals surface area contributed by atoms with Crippen molar-refractivity contribution in [2.75, 3.05) is 5.32 Å². The first kappa shape index (κ1) is 15.6. The number of carbonyl (C=O) groups excluding carboxylic acids is 1. The molecule has 2 aromatic rings. The second-order valence-electron chi connectivity index (χ2n) is 5.71. The van der Waals surface area contributed by atoms with Crippen molar-refractivity contribution >= 4 is 11.7 Å². The van der Waals surface area contributed by atoms with Gasteiger partial charge >= 0.3 is 6.18 Å². The zero-order valence-electron chi connectivity index (χ0n) is 12.5. The highest BCUT2D eigenvalue weighted by molar-refractivity contribution is 5.92. The number of halogens is 3. The number of amides is 1. The van der Waals surface area contributed by atoms with Crippen LogP contribution < -0.4 is 5.32 Å². The third-order valence-corrected chi connectivity index (χ3v) is 4.00. The van der Waals surface area contributed by atoms with Crippen LogP contribution in [0.15, 0.2) is 30.3 Å². The van der Waals surface area contributed by atoms with E-state index < -0.39 is 11.7 Å². The molecule has 1 fully saturated rings. The molecule has 3 rings (SSSR count). The highest BCUT2D eigenvalue weighted by Crippen LogP contribution is 2.35. The SMILES string of the molecule is Cc1cc(NC(=O)C2CCC2)n(-c2ccccc2C(F)(F)F)n1. The van der Waals surface area contributed by atoms with Crippen molar-refractivity contribution in [3.05, 3.63) is 41.6 Å². The summed E-state index contributed by atoms with van der Waals surface area (Å²) in [7, 11) is 0. The molecule has 1 aliphatic rings. The molecule has 23 heavy (non-hydrogen) atoms. The van der Waals surface area contributed by atoms with Crippen molar-refractivity contribution in [3.63, 3.8) is 0 Å². The molecular weight excluding hydrogens is 307 g/mol. The van der Waals surface area contributed by atoms with Gasteiger partial charge in [-0.05, 0) is 31.9 Å². The molecular formula is C16H16F3N3O. The van der Waals surface area contributed by atoms with Gasteiger partial charge in [0.15, 0.2) is 0 Å². The van der Waals surface area contributed by atoms with Crippen molar-refractivity contribution in [3.8, 4) is 5.69 Å². The second-order valence-corrected chi connectivity index (χ2v) is 5.71. The highest BCUT2D eigenvalue weighted by atomic mass is 19.4. The summed E-state index contributed by atoms with van der Waals surface area (Å²) in [6.45, 7) is 1.67. The van der Waals surface area contributed by atoms with Crippen LogP contribution in [0, 0.1) is 12.8 Å². The number of hydrogen-bond acceptors (Lipinski definition) is 2. The van der Waals surface area contributed by atoms with Crippen molar-refractivity contribution in [2.24, 2.45) is 5.92 Å². The molecule has 0 unspecified atom stereocenters. The van der Waals surface area contributed by atoms with Gasteiger partial charge in [-0.3, -0.25) is 4.79 Å². The third kappa shape index (κ3) is 3.09. The third-order valence-electron chi connectivity index (χ3n) is 4.00. The molecule has 1 amide bonds. The Labute approximate surface area is 131 Å². The Hall–Kier alpha value is -2.31. The molecule has 7 heteroatoms. The molecule has 0 aliphatic heterocycles. The van der Waals surface area contributed by atoms with Gasteiger partial charge in [0.25, 0.3) is 0 Å². The van der Waals surface area contributed by atoms with Crippen LogP contribution in [0.25, 0.3) is 5.69 Å². The smallest absolute Gasteiger partial charge is 0.310 e. The van der Waals surface area contributed by atoms with Crippen LogP contribution in [0.5, 0.6) is 0 Å². The van der Waals surface area contributed by atoms with Gasteiger partial charge in [-0.2, -0.15) is 18.3 Å². The second kappa shape index (κ2) is 5.72. The molecule has 1 saturated carbocycles. The summed E-state index contributed by atoms with van der Waals surface area (Å²) in [5.41, 5.74) is -0.356. The van der Waals surface area contributed by atoms with Gasteiger partial charge in [0, 0.05) is 12.0 Å². The number of aromatic nitrogens is 2. The molecule has 1 heterocycles. The Balaban J connectivity index is 1.99. The summed E-state index contributed by atoms with van der Waals surface area (Å²) < 4.78 is 40.7. The Morgan fingerprint density at radius 1 is 1.30 bits per heavy atom. The molecule has 4 nitrogen and oxygen atoms in total. The Morgan fingerprint density at radius 2 is 2.00 bits per heavy atom. The number of carbonyl (C=O) groups is 1. The summed E-state index contributed by atoms with van der Waals surface area (Å²) in [4.78, 5) is 12.1. The fourth-order valence-electron chi connectivity index (χ4n) is 2.57. The van der Waals surface area contributed by atoms with Crippen molar-refractivity contribution in [1.82, 2.24) is 9.78 Å². The van der Waals surface area contributed by atoms with E-state index in [9.17, 15) is 18.0 Å². The van der Waals surface area contributed by atoms with Gasteiger partial charge < -0.3 is 5.32 Å². The van der Waals surface area contributed by atoms with Crippen LogP contribution in [-0.2, 0) is 11.0 Å². The van der Waals surface area contributed by atoms with Crippen LogP contribution in [0.3, 0.4) is 0 Å². The van der Waals surface area contributed by atoms with E-state index in [0.29, 0.717) is 5.69 Å². The van der Waals surface area contributed by atoms with Gasteiger partial charge in [0.05, 0.1) is 16.9 Å². The quantitative estimate of drug-likeness (QED) is 0.930. The van der Waals surface area contributed by atoms with E-state index in [1.165, 1.54) is 18.2 Å². The van der Waals surface area contributed by atoms with E-state index in [0.717, 1.165) is 30.0 Å².